The summed E-state index contributed by atoms with van der Waals surface area (Å²) in [6.07, 6.45) is 6.78. The quantitative estimate of drug-likeness (QED) is 0.608. The summed E-state index contributed by atoms with van der Waals surface area (Å²) in [6.45, 7) is 2.00. The molecular weight excluding hydrogens is 348 g/mol. The maximum Gasteiger partial charge on any atom is 0.243 e. The first-order valence-electron chi connectivity index (χ1n) is 9.62. The molecule has 1 aromatic rings. The Morgan fingerprint density at radius 2 is 1.77 bits per heavy atom. The number of rotatable bonds is 5. The zero-order chi connectivity index (χ0) is 18.4. The van der Waals surface area contributed by atoms with Gasteiger partial charge in [-0.1, -0.05) is 31.0 Å². The predicted molar refractivity (Wildman–Crippen MR) is 105 cm³/mol. The molecule has 1 aliphatic heterocycles. The molecule has 0 atom stereocenters. The maximum atomic E-state index is 12.7. The van der Waals surface area contributed by atoms with Crippen LogP contribution >= 0.6 is 0 Å². The molecular formula is C19H30N4O2S. The Balaban J connectivity index is 1.46. The second kappa shape index (κ2) is 8.86. The van der Waals surface area contributed by atoms with Crippen molar-refractivity contribution in [1.29, 1.82) is 0 Å². The van der Waals surface area contributed by atoms with E-state index in [1.165, 1.54) is 25.7 Å². The highest BCUT2D eigenvalue weighted by Gasteiger charge is 2.29. The van der Waals surface area contributed by atoms with Crippen LogP contribution < -0.4 is 10.6 Å². The number of hydrogen-bond donors (Lipinski definition) is 2. The van der Waals surface area contributed by atoms with Gasteiger partial charge < -0.3 is 10.6 Å². The molecule has 1 aromatic carbocycles. The standard InChI is InChI=1S/C19H30N4O2S/c1-20-19(22-17-7-5-6-8-17)21-15-16-11-13-23(14-12-16)26(24,25)18-9-3-2-4-10-18/h2-4,9-10,16-17H,5-8,11-15H2,1H3,(H2,20,21,22). The van der Waals surface area contributed by atoms with E-state index in [-0.39, 0.29) is 0 Å². The normalized spacial score (nSPS) is 21.0. The van der Waals surface area contributed by atoms with Gasteiger partial charge in [0.05, 0.1) is 4.90 Å². The Kier molecular flexibility index (Phi) is 6.53. The van der Waals surface area contributed by atoms with Crippen LogP contribution in [0.3, 0.4) is 0 Å². The molecule has 2 N–H and O–H groups in total. The molecule has 2 fully saturated rings. The van der Waals surface area contributed by atoms with Gasteiger partial charge in [-0.2, -0.15) is 4.31 Å². The minimum atomic E-state index is -3.36. The van der Waals surface area contributed by atoms with Gasteiger partial charge in [-0.05, 0) is 43.7 Å². The number of nitrogens with zero attached hydrogens (tertiary/aromatic N) is 2. The number of sulfonamides is 1. The number of nitrogens with one attached hydrogen (secondary N) is 2. The van der Waals surface area contributed by atoms with E-state index in [0.717, 1.165) is 25.3 Å². The zero-order valence-corrected chi connectivity index (χ0v) is 16.3. The molecule has 0 radical (unpaired) electrons. The molecule has 0 spiro atoms. The molecule has 6 nitrogen and oxygen atoms in total. The lowest BCUT2D eigenvalue weighted by molar-refractivity contribution is 0.273. The number of aliphatic imine (C=N–C) groups is 1. The summed E-state index contributed by atoms with van der Waals surface area (Å²) in [4.78, 5) is 4.70. The molecule has 1 heterocycles. The Morgan fingerprint density at radius 1 is 1.12 bits per heavy atom. The highest BCUT2D eigenvalue weighted by Crippen LogP contribution is 2.23. The molecule has 144 valence electrons. The van der Waals surface area contributed by atoms with Crippen molar-refractivity contribution in [3.8, 4) is 0 Å². The van der Waals surface area contributed by atoms with E-state index in [4.69, 9.17) is 0 Å². The summed E-state index contributed by atoms with van der Waals surface area (Å²) < 4.78 is 27.0. The third-order valence-corrected chi connectivity index (χ3v) is 7.35. The van der Waals surface area contributed by atoms with Crippen molar-refractivity contribution in [2.24, 2.45) is 10.9 Å². The van der Waals surface area contributed by atoms with Gasteiger partial charge in [0.15, 0.2) is 5.96 Å². The topological polar surface area (TPSA) is 73.8 Å². The Bertz CT molecular complexity index is 692. The van der Waals surface area contributed by atoms with E-state index in [1.807, 2.05) is 6.07 Å². The van der Waals surface area contributed by atoms with Crippen molar-refractivity contribution in [2.75, 3.05) is 26.7 Å². The van der Waals surface area contributed by atoms with Gasteiger partial charge >= 0.3 is 0 Å². The monoisotopic (exact) mass is 378 g/mol. The predicted octanol–water partition coefficient (Wildman–Crippen LogP) is 2.19. The Morgan fingerprint density at radius 3 is 2.38 bits per heavy atom. The summed E-state index contributed by atoms with van der Waals surface area (Å²) >= 11 is 0. The van der Waals surface area contributed by atoms with Gasteiger partial charge in [-0.25, -0.2) is 8.42 Å². The highest BCUT2D eigenvalue weighted by atomic mass is 32.2. The molecule has 0 amide bonds. The van der Waals surface area contributed by atoms with Crippen LogP contribution in [0, 0.1) is 5.92 Å². The lowest BCUT2D eigenvalue weighted by Gasteiger charge is -2.31. The third kappa shape index (κ3) is 4.76. The molecule has 0 aromatic heterocycles. The molecule has 2 aliphatic rings. The van der Waals surface area contributed by atoms with Crippen LogP contribution in [-0.2, 0) is 10.0 Å². The number of hydrogen-bond acceptors (Lipinski definition) is 3. The van der Waals surface area contributed by atoms with Gasteiger partial charge in [0.2, 0.25) is 10.0 Å². The molecule has 0 unspecified atom stereocenters. The molecule has 7 heteroatoms. The average molecular weight is 379 g/mol. The summed E-state index contributed by atoms with van der Waals surface area (Å²) in [5.74, 6) is 1.34. The van der Waals surface area contributed by atoms with E-state index in [9.17, 15) is 8.42 Å². The van der Waals surface area contributed by atoms with Crippen molar-refractivity contribution in [1.82, 2.24) is 14.9 Å². The Hall–Kier alpha value is -1.60. The lowest BCUT2D eigenvalue weighted by atomic mass is 9.98. The van der Waals surface area contributed by atoms with Crippen molar-refractivity contribution < 1.29 is 8.42 Å². The van der Waals surface area contributed by atoms with Crippen LogP contribution in [0.15, 0.2) is 40.2 Å². The molecule has 1 saturated heterocycles. The van der Waals surface area contributed by atoms with Gasteiger partial charge in [-0.15, -0.1) is 0 Å². The van der Waals surface area contributed by atoms with E-state index in [0.29, 0.717) is 29.9 Å². The van der Waals surface area contributed by atoms with Crippen LogP contribution in [0.5, 0.6) is 0 Å². The van der Waals surface area contributed by atoms with Crippen LogP contribution in [-0.4, -0.2) is 51.4 Å². The number of benzene rings is 1. The molecule has 26 heavy (non-hydrogen) atoms. The first kappa shape index (κ1) is 19.2. The summed E-state index contributed by atoms with van der Waals surface area (Å²) in [5, 5.41) is 6.91. The average Bonchev–Trinajstić information content (AvgIpc) is 3.19. The first-order valence-corrected chi connectivity index (χ1v) is 11.1. The van der Waals surface area contributed by atoms with Gasteiger partial charge in [0.25, 0.3) is 0 Å². The van der Waals surface area contributed by atoms with Crippen LogP contribution in [0.25, 0.3) is 0 Å². The van der Waals surface area contributed by atoms with E-state index < -0.39 is 10.0 Å². The van der Waals surface area contributed by atoms with Gasteiger partial charge in [0.1, 0.15) is 0 Å². The van der Waals surface area contributed by atoms with Gasteiger partial charge in [-0.3, -0.25) is 4.99 Å². The van der Waals surface area contributed by atoms with Crippen molar-refractivity contribution in [3.05, 3.63) is 30.3 Å². The van der Waals surface area contributed by atoms with Crippen LogP contribution in [0.2, 0.25) is 0 Å². The third-order valence-electron chi connectivity index (χ3n) is 5.43. The minimum absolute atomic E-state index is 0.387. The number of guanidine groups is 1. The largest absolute Gasteiger partial charge is 0.356 e. The van der Waals surface area contributed by atoms with Crippen LogP contribution in [0.1, 0.15) is 38.5 Å². The maximum absolute atomic E-state index is 12.7. The molecule has 0 bridgehead atoms. The van der Waals surface area contributed by atoms with Crippen molar-refractivity contribution in [3.63, 3.8) is 0 Å². The minimum Gasteiger partial charge on any atom is -0.356 e. The highest BCUT2D eigenvalue weighted by molar-refractivity contribution is 7.89. The van der Waals surface area contributed by atoms with Crippen LogP contribution in [0.4, 0.5) is 0 Å². The lowest BCUT2D eigenvalue weighted by Crippen LogP contribution is -2.46. The fourth-order valence-electron chi connectivity index (χ4n) is 3.79. The second-order valence-electron chi connectivity index (χ2n) is 7.24. The summed E-state index contributed by atoms with van der Waals surface area (Å²) in [5.41, 5.74) is 0. The van der Waals surface area contributed by atoms with Gasteiger partial charge in [0, 0.05) is 32.7 Å². The first-order chi connectivity index (χ1) is 12.6. The van der Waals surface area contributed by atoms with Crippen molar-refractivity contribution >= 4 is 16.0 Å². The zero-order valence-electron chi connectivity index (χ0n) is 15.5. The molecule has 1 aliphatic carbocycles. The smallest absolute Gasteiger partial charge is 0.243 e. The van der Waals surface area contributed by atoms with Crippen molar-refractivity contribution in [2.45, 2.75) is 49.5 Å². The summed E-state index contributed by atoms with van der Waals surface area (Å²) in [6, 6.07) is 9.25. The Labute approximate surface area is 157 Å². The summed E-state index contributed by atoms with van der Waals surface area (Å²) in [7, 11) is -1.56. The second-order valence-corrected chi connectivity index (χ2v) is 9.18. The fraction of sp³-hybridized carbons (Fsp3) is 0.632. The number of piperidine rings is 1. The van der Waals surface area contributed by atoms with E-state index in [2.05, 4.69) is 15.6 Å². The fourth-order valence-corrected chi connectivity index (χ4v) is 5.29. The van der Waals surface area contributed by atoms with E-state index >= 15 is 0 Å². The molecule has 3 rings (SSSR count). The molecule has 1 saturated carbocycles. The SMILES string of the molecule is CN=C(NCC1CCN(S(=O)(=O)c2ccccc2)CC1)NC1CCCC1. The van der Waals surface area contributed by atoms with E-state index in [1.54, 1.807) is 35.6 Å².